The molecule has 4 bridgehead atoms. The second-order valence-electron chi connectivity index (χ2n) is 8.40. The molecular weight excluding hydrogens is 284 g/mol. The Morgan fingerprint density at radius 1 is 1.04 bits per heavy atom. The zero-order chi connectivity index (χ0) is 16.0. The predicted octanol–water partition coefficient (Wildman–Crippen LogP) is 3.80. The molecule has 3 heteroatoms. The average Bonchev–Trinajstić information content (AvgIpc) is 2.48. The fraction of sp³-hybridized carbons (Fsp3) is 0.650. The van der Waals surface area contributed by atoms with Crippen molar-refractivity contribution in [1.82, 2.24) is 5.32 Å². The lowest BCUT2D eigenvalue weighted by Crippen LogP contribution is -2.59. The summed E-state index contributed by atoms with van der Waals surface area (Å²) in [5.74, 6) is 2.83. The molecule has 0 unspecified atom stereocenters. The van der Waals surface area contributed by atoms with Crippen molar-refractivity contribution in [2.75, 3.05) is 11.9 Å². The van der Waals surface area contributed by atoms with Crippen molar-refractivity contribution in [3.8, 4) is 0 Å². The monoisotopic (exact) mass is 312 g/mol. The molecule has 0 spiro atoms. The normalized spacial score (nSPS) is 34.6. The summed E-state index contributed by atoms with van der Waals surface area (Å²) in [6.07, 6.45) is 8.18. The van der Waals surface area contributed by atoms with Gasteiger partial charge < -0.3 is 10.6 Å². The Labute approximate surface area is 139 Å². The highest BCUT2D eigenvalue weighted by atomic mass is 16.1. The summed E-state index contributed by atoms with van der Waals surface area (Å²) in [6.45, 7) is 4.62. The molecule has 4 fully saturated rings. The maximum absolute atomic E-state index is 12.3. The third kappa shape index (κ3) is 3.03. The first kappa shape index (κ1) is 15.2. The topological polar surface area (TPSA) is 41.1 Å². The van der Waals surface area contributed by atoms with E-state index < -0.39 is 0 Å². The molecule has 1 aromatic rings. The van der Waals surface area contributed by atoms with E-state index in [1.165, 1.54) is 49.7 Å². The molecule has 23 heavy (non-hydrogen) atoms. The Morgan fingerprint density at radius 3 is 2.22 bits per heavy atom. The van der Waals surface area contributed by atoms with Gasteiger partial charge in [-0.05, 0) is 93.4 Å². The van der Waals surface area contributed by atoms with Crippen molar-refractivity contribution < 1.29 is 4.79 Å². The molecule has 1 amide bonds. The molecule has 4 aliphatic carbocycles. The zero-order valence-corrected chi connectivity index (χ0v) is 14.3. The lowest BCUT2D eigenvalue weighted by molar-refractivity contribution is -0.116. The van der Waals surface area contributed by atoms with E-state index in [1.54, 1.807) is 0 Å². The van der Waals surface area contributed by atoms with Crippen LogP contribution in [0.15, 0.2) is 18.2 Å². The fourth-order valence-electron chi connectivity index (χ4n) is 5.62. The first-order chi connectivity index (χ1) is 11.0. The van der Waals surface area contributed by atoms with Crippen LogP contribution >= 0.6 is 0 Å². The number of carbonyl (C=O) groups excluding carboxylic acids is 1. The number of aryl methyl sites for hydroxylation is 2. The Kier molecular flexibility index (Phi) is 3.72. The molecule has 5 rings (SSSR count). The second-order valence-corrected chi connectivity index (χ2v) is 8.40. The highest BCUT2D eigenvalue weighted by Crippen LogP contribution is 2.55. The van der Waals surface area contributed by atoms with Crippen LogP contribution in [0.2, 0.25) is 0 Å². The lowest BCUT2D eigenvalue weighted by atomic mass is 9.53. The second kappa shape index (κ2) is 5.62. The average molecular weight is 312 g/mol. The fourth-order valence-corrected chi connectivity index (χ4v) is 5.62. The van der Waals surface area contributed by atoms with Gasteiger partial charge >= 0.3 is 0 Å². The van der Waals surface area contributed by atoms with E-state index in [0.29, 0.717) is 6.54 Å². The minimum atomic E-state index is 0.0870. The number of hydrogen-bond donors (Lipinski definition) is 2. The first-order valence-corrected chi connectivity index (χ1v) is 9.13. The van der Waals surface area contributed by atoms with Gasteiger partial charge in [0.15, 0.2) is 0 Å². The van der Waals surface area contributed by atoms with Gasteiger partial charge in [-0.15, -0.1) is 0 Å². The largest absolute Gasteiger partial charge is 0.325 e. The summed E-state index contributed by atoms with van der Waals surface area (Å²) < 4.78 is 0. The van der Waals surface area contributed by atoms with Crippen molar-refractivity contribution in [2.45, 2.75) is 57.9 Å². The number of hydrogen-bond acceptors (Lipinski definition) is 2. The van der Waals surface area contributed by atoms with E-state index in [9.17, 15) is 4.79 Å². The highest BCUT2D eigenvalue weighted by molar-refractivity contribution is 5.92. The number of carbonyl (C=O) groups is 1. The zero-order valence-electron chi connectivity index (χ0n) is 14.3. The van der Waals surface area contributed by atoms with Crippen LogP contribution in [0, 0.1) is 31.6 Å². The van der Waals surface area contributed by atoms with Crippen LogP contribution in [0.1, 0.15) is 49.7 Å². The van der Waals surface area contributed by atoms with E-state index in [-0.39, 0.29) is 11.4 Å². The van der Waals surface area contributed by atoms with Crippen molar-refractivity contribution in [3.63, 3.8) is 0 Å². The van der Waals surface area contributed by atoms with Crippen molar-refractivity contribution in [1.29, 1.82) is 0 Å². The van der Waals surface area contributed by atoms with Gasteiger partial charge in [-0.1, -0.05) is 6.07 Å². The molecule has 0 radical (unpaired) electrons. The maximum atomic E-state index is 12.3. The maximum Gasteiger partial charge on any atom is 0.238 e. The molecule has 3 nitrogen and oxygen atoms in total. The van der Waals surface area contributed by atoms with Crippen LogP contribution < -0.4 is 10.6 Å². The number of benzene rings is 1. The van der Waals surface area contributed by atoms with Gasteiger partial charge in [0.1, 0.15) is 0 Å². The molecule has 4 saturated carbocycles. The summed E-state index contributed by atoms with van der Waals surface area (Å²) in [7, 11) is 0. The van der Waals surface area contributed by atoms with E-state index in [4.69, 9.17) is 0 Å². The molecule has 0 atom stereocenters. The summed E-state index contributed by atoms with van der Waals surface area (Å²) >= 11 is 0. The van der Waals surface area contributed by atoms with Gasteiger partial charge in [-0.25, -0.2) is 0 Å². The molecule has 1 aromatic carbocycles. The Hall–Kier alpha value is -1.35. The van der Waals surface area contributed by atoms with E-state index in [1.807, 2.05) is 6.07 Å². The van der Waals surface area contributed by atoms with Gasteiger partial charge in [0.2, 0.25) is 5.91 Å². The summed E-state index contributed by atoms with van der Waals surface area (Å²) in [5, 5.41) is 6.70. The van der Waals surface area contributed by atoms with Crippen LogP contribution in [0.25, 0.3) is 0 Å². The summed E-state index contributed by atoms with van der Waals surface area (Å²) in [4.78, 5) is 12.3. The van der Waals surface area contributed by atoms with Gasteiger partial charge in [0.05, 0.1) is 6.54 Å². The minimum absolute atomic E-state index is 0.0870. The molecule has 0 aromatic heterocycles. The van der Waals surface area contributed by atoms with Crippen LogP contribution in [0.4, 0.5) is 5.69 Å². The van der Waals surface area contributed by atoms with Crippen LogP contribution in [0.5, 0.6) is 0 Å². The lowest BCUT2D eigenvalue weighted by Gasteiger charge is -2.57. The molecule has 0 saturated heterocycles. The third-order valence-electron chi connectivity index (χ3n) is 6.45. The molecule has 0 heterocycles. The predicted molar refractivity (Wildman–Crippen MR) is 93.5 cm³/mol. The first-order valence-electron chi connectivity index (χ1n) is 9.13. The third-order valence-corrected chi connectivity index (χ3v) is 6.45. The van der Waals surface area contributed by atoms with Gasteiger partial charge in [0.25, 0.3) is 0 Å². The Morgan fingerprint density at radius 2 is 1.65 bits per heavy atom. The number of rotatable bonds is 4. The van der Waals surface area contributed by atoms with E-state index in [0.717, 1.165) is 23.4 Å². The molecule has 2 N–H and O–H groups in total. The van der Waals surface area contributed by atoms with Crippen molar-refractivity contribution in [3.05, 3.63) is 29.3 Å². The van der Waals surface area contributed by atoms with Gasteiger partial charge in [-0.3, -0.25) is 4.79 Å². The van der Waals surface area contributed by atoms with E-state index in [2.05, 4.69) is 36.6 Å². The van der Waals surface area contributed by atoms with Gasteiger partial charge in [-0.2, -0.15) is 0 Å². The molecule has 124 valence electrons. The summed E-state index contributed by atoms with van der Waals surface area (Å²) in [6, 6.07) is 6.11. The quantitative estimate of drug-likeness (QED) is 0.888. The number of amides is 1. The van der Waals surface area contributed by atoms with Crippen LogP contribution in [-0.2, 0) is 4.79 Å². The van der Waals surface area contributed by atoms with Crippen LogP contribution in [-0.4, -0.2) is 18.0 Å². The minimum Gasteiger partial charge on any atom is -0.325 e. The molecule has 4 aliphatic rings. The molecule has 0 aliphatic heterocycles. The van der Waals surface area contributed by atoms with E-state index >= 15 is 0 Å². The molecular formula is C20H28N2O. The Balaban J connectivity index is 1.35. The standard InChI is InChI=1S/C20H28N2O/c1-13-3-4-18(5-14(13)2)22-19(23)12-21-20-9-15-6-16(10-20)8-17(7-15)11-20/h3-5,15-17,21H,6-12H2,1-2H3,(H,22,23). The number of anilines is 1. The summed E-state index contributed by atoms with van der Waals surface area (Å²) in [5.41, 5.74) is 3.65. The SMILES string of the molecule is Cc1ccc(NC(=O)CNC23CC4CC(CC(C4)C2)C3)cc1C. The van der Waals surface area contributed by atoms with Gasteiger partial charge in [0, 0.05) is 11.2 Å². The van der Waals surface area contributed by atoms with Crippen molar-refractivity contribution in [2.24, 2.45) is 17.8 Å². The Bertz CT molecular complexity index is 587. The highest BCUT2D eigenvalue weighted by Gasteiger charge is 2.50. The smallest absolute Gasteiger partial charge is 0.238 e. The van der Waals surface area contributed by atoms with Crippen LogP contribution in [0.3, 0.4) is 0 Å². The van der Waals surface area contributed by atoms with Crippen molar-refractivity contribution >= 4 is 11.6 Å². The number of nitrogens with one attached hydrogen (secondary N) is 2.